The highest BCUT2D eigenvalue weighted by atomic mass is 32.2. The predicted molar refractivity (Wildman–Crippen MR) is 113 cm³/mol. The average Bonchev–Trinajstić information content (AvgIpc) is 3.09. The summed E-state index contributed by atoms with van der Waals surface area (Å²) >= 11 is 1.92. The maximum atomic E-state index is 12.3. The summed E-state index contributed by atoms with van der Waals surface area (Å²) in [5.74, 6) is -2.11. The van der Waals surface area contributed by atoms with Crippen molar-refractivity contribution in [1.82, 2.24) is 19.9 Å². The summed E-state index contributed by atoms with van der Waals surface area (Å²) in [7, 11) is 3.45. The monoisotopic (exact) mass is 438 g/mol. The van der Waals surface area contributed by atoms with Crippen LogP contribution in [0.2, 0.25) is 0 Å². The van der Waals surface area contributed by atoms with Crippen LogP contribution >= 0.6 is 23.1 Å². The lowest BCUT2D eigenvalue weighted by atomic mass is 10.2. The van der Waals surface area contributed by atoms with Gasteiger partial charge in [-0.1, -0.05) is 23.1 Å². The van der Waals surface area contributed by atoms with Crippen LogP contribution < -0.4 is 10.6 Å². The van der Waals surface area contributed by atoms with Gasteiger partial charge < -0.3 is 15.5 Å². The summed E-state index contributed by atoms with van der Waals surface area (Å²) in [4.78, 5) is 26.5. The highest BCUT2D eigenvalue weighted by molar-refractivity contribution is 7.99. The van der Waals surface area contributed by atoms with E-state index in [9.17, 15) is 13.6 Å². The number of alkyl halides is 2. The molecule has 0 radical (unpaired) electrons. The number of fused-ring (bicyclic) bond motifs is 1. The molecular formula is C18H20F2N6OS2. The second kappa shape index (κ2) is 9.79. The van der Waals surface area contributed by atoms with Crippen molar-refractivity contribution >= 4 is 50.3 Å². The topological polar surface area (TPSA) is 83.0 Å². The van der Waals surface area contributed by atoms with Crippen LogP contribution in [0.25, 0.3) is 10.2 Å². The molecule has 0 atom stereocenters. The summed E-state index contributed by atoms with van der Waals surface area (Å²) in [6.45, 7) is 1.32. The van der Waals surface area contributed by atoms with E-state index in [2.05, 4.69) is 25.6 Å². The van der Waals surface area contributed by atoms with Crippen molar-refractivity contribution < 1.29 is 13.6 Å². The number of hydrogen-bond donors (Lipinski definition) is 2. The fourth-order valence-corrected chi connectivity index (χ4v) is 3.81. The highest BCUT2D eigenvalue weighted by Crippen LogP contribution is 2.27. The van der Waals surface area contributed by atoms with Crippen LogP contribution in [0.3, 0.4) is 0 Å². The van der Waals surface area contributed by atoms with E-state index < -0.39 is 5.76 Å². The highest BCUT2D eigenvalue weighted by Gasteiger charge is 2.11. The summed E-state index contributed by atoms with van der Waals surface area (Å²) in [5.41, 5.74) is 1.49. The Balaban J connectivity index is 1.45. The Bertz CT molecular complexity index is 965. The van der Waals surface area contributed by atoms with Crippen LogP contribution in [0.15, 0.2) is 35.5 Å². The Morgan fingerprint density at radius 3 is 2.62 bits per heavy atom. The van der Waals surface area contributed by atoms with E-state index in [1.54, 1.807) is 25.1 Å². The van der Waals surface area contributed by atoms with Gasteiger partial charge in [-0.15, -0.1) is 0 Å². The Morgan fingerprint density at radius 1 is 1.21 bits per heavy atom. The van der Waals surface area contributed by atoms with Gasteiger partial charge in [0.2, 0.25) is 5.95 Å². The molecule has 0 aliphatic carbocycles. The van der Waals surface area contributed by atoms with Crippen LogP contribution in [-0.2, 0) is 0 Å². The van der Waals surface area contributed by atoms with E-state index in [-0.39, 0.29) is 5.91 Å². The number of nitrogens with zero attached hydrogens (tertiary/aromatic N) is 4. The third-order valence-corrected chi connectivity index (χ3v) is 5.44. The molecule has 0 unspecified atom stereocenters. The predicted octanol–water partition coefficient (Wildman–Crippen LogP) is 4.02. The third-order valence-electron chi connectivity index (χ3n) is 3.81. The Labute approximate surface area is 174 Å². The first-order chi connectivity index (χ1) is 13.9. The standard InChI is InChI=1S/C18H20F2N6OS2/c1-26(2)15(27)11-4-5-13-14(8-11)29-18(25-13)22-7-3-6-21-17-23-9-12(10-24-17)28-16(19)20/h4-5,8-10,16H,3,6-7H2,1-2H3,(H,22,25)(H,21,23,24). The molecule has 0 saturated carbocycles. The van der Waals surface area contributed by atoms with Crippen molar-refractivity contribution in [3.63, 3.8) is 0 Å². The van der Waals surface area contributed by atoms with Crippen LogP contribution in [0.5, 0.6) is 0 Å². The molecule has 29 heavy (non-hydrogen) atoms. The zero-order valence-electron chi connectivity index (χ0n) is 15.9. The van der Waals surface area contributed by atoms with Gasteiger partial charge in [-0.2, -0.15) is 8.78 Å². The minimum atomic E-state index is -2.48. The molecule has 2 aromatic heterocycles. The fourth-order valence-electron chi connectivity index (χ4n) is 2.45. The molecule has 0 bridgehead atoms. The van der Waals surface area contributed by atoms with Gasteiger partial charge >= 0.3 is 0 Å². The van der Waals surface area contributed by atoms with Gasteiger partial charge in [0, 0.05) is 50.0 Å². The van der Waals surface area contributed by atoms with Crippen LogP contribution in [0.1, 0.15) is 16.8 Å². The summed E-state index contributed by atoms with van der Waals surface area (Å²) in [5, 5.41) is 7.11. The Morgan fingerprint density at radius 2 is 1.93 bits per heavy atom. The second-order valence-corrected chi connectivity index (χ2v) is 8.32. The van der Waals surface area contributed by atoms with Crippen LogP contribution in [0.4, 0.5) is 19.9 Å². The van der Waals surface area contributed by atoms with E-state index in [1.165, 1.54) is 23.7 Å². The molecule has 1 amide bonds. The van der Waals surface area contributed by atoms with Gasteiger partial charge in [0.05, 0.1) is 10.2 Å². The fraction of sp³-hybridized carbons (Fsp3) is 0.333. The van der Waals surface area contributed by atoms with Crippen molar-refractivity contribution in [3.05, 3.63) is 36.2 Å². The van der Waals surface area contributed by atoms with E-state index in [1.807, 2.05) is 12.1 Å². The molecule has 2 heterocycles. The van der Waals surface area contributed by atoms with Gasteiger partial charge in [0.25, 0.3) is 11.7 Å². The number of thiazole rings is 1. The lowest BCUT2D eigenvalue weighted by molar-refractivity contribution is 0.0828. The number of amides is 1. The molecule has 0 fully saturated rings. The molecule has 0 saturated heterocycles. The maximum Gasteiger partial charge on any atom is 0.289 e. The normalized spacial score (nSPS) is 11.1. The number of hydrogen-bond acceptors (Lipinski definition) is 8. The number of carbonyl (C=O) groups is 1. The van der Waals surface area contributed by atoms with Gasteiger partial charge in [0.1, 0.15) is 0 Å². The van der Waals surface area contributed by atoms with E-state index in [0.717, 1.165) is 21.8 Å². The summed E-state index contributed by atoms with van der Waals surface area (Å²) in [6, 6.07) is 5.49. The number of benzene rings is 1. The largest absolute Gasteiger partial charge is 0.361 e. The first kappa shape index (κ1) is 21.2. The number of anilines is 2. The first-order valence-corrected chi connectivity index (χ1v) is 10.5. The van der Waals surface area contributed by atoms with Gasteiger partial charge in [-0.25, -0.2) is 15.0 Å². The van der Waals surface area contributed by atoms with Crippen molar-refractivity contribution in [2.45, 2.75) is 17.1 Å². The molecule has 0 spiro atoms. The number of halogens is 2. The minimum absolute atomic E-state index is 0.0380. The number of rotatable bonds is 9. The molecule has 3 aromatic rings. The first-order valence-electron chi connectivity index (χ1n) is 8.79. The third kappa shape index (κ3) is 5.97. The van der Waals surface area contributed by atoms with E-state index >= 15 is 0 Å². The molecule has 3 rings (SSSR count). The van der Waals surface area contributed by atoms with E-state index in [0.29, 0.717) is 41.3 Å². The molecule has 0 aliphatic rings. The molecule has 1 aromatic carbocycles. The number of nitrogens with one attached hydrogen (secondary N) is 2. The van der Waals surface area contributed by atoms with Crippen LogP contribution in [-0.4, -0.2) is 58.7 Å². The van der Waals surface area contributed by atoms with E-state index in [4.69, 9.17) is 0 Å². The summed E-state index contributed by atoms with van der Waals surface area (Å²) < 4.78 is 25.5. The zero-order valence-corrected chi connectivity index (χ0v) is 17.5. The SMILES string of the molecule is CN(C)C(=O)c1ccc2nc(NCCCNc3ncc(SC(F)F)cn3)sc2c1. The quantitative estimate of drug-likeness (QED) is 0.386. The lowest BCUT2D eigenvalue weighted by Gasteiger charge is -2.09. The molecule has 154 valence electrons. The smallest absolute Gasteiger partial charge is 0.289 e. The van der Waals surface area contributed by atoms with Gasteiger partial charge in [0.15, 0.2) is 5.13 Å². The molecule has 11 heteroatoms. The number of aromatic nitrogens is 3. The lowest BCUT2D eigenvalue weighted by Crippen LogP contribution is -2.21. The van der Waals surface area contributed by atoms with Crippen molar-refractivity contribution in [2.24, 2.45) is 0 Å². The van der Waals surface area contributed by atoms with Crippen molar-refractivity contribution in [2.75, 3.05) is 37.8 Å². The zero-order chi connectivity index (χ0) is 20.8. The average molecular weight is 439 g/mol. The Kier molecular flexibility index (Phi) is 7.15. The number of thioether (sulfide) groups is 1. The van der Waals surface area contributed by atoms with Gasteiger partial charge in [-0.3, -0.25) is 4.79 Å². The molecule has 0 aliphatic heterocycles. The maximum absolute atomic E-state index is 12.3. The summed E-state index contributed by atoms with van der Waals surface area (Å²) in [6.07, 6.45) is 3.54. The van der Waals surface area contributed by atoms with Crippen molar-refractivity contribution in [3.8, 4) is 0 Å². The second-order valence-electron chi connectivity index (χ2n) is 6.23. The van der Waals surface area contributed by atoms with Gasteiger partial charge in [-0.05, 0) is 24.6 Å². The molecular weight excluding hydrogens is 418 g/mol. The number of carbonyl (C=O) groups excluding carboxylic acids is 1. The molecule has 7 nitrogen and oxygen atoms in total. The molecule has 2 N–H and O–H groups in total. The van der Waals surface area contributed by atoms with Crippen LogP contribution in [0, 0.1) is 0 Å². The Hall–Kier alpha value is -2.53. The van der Waals surface area contributed by atoms with Crippen molar-refractivity contribution in [1.29, 1.82) is 0 Å². The minimum Gasteiger partial charge on any atom is -0.361 e.